The zero-order chi connectivity index (χ0) is 12.5. The van der Waals surface area contributed by atoms with E-state index in [1.807, 2.05) is 12.1 Å². The Kier molecular flexibility index (Phi) is 3.38. The van der Waals surface area contributed by atoms with Gasteiger partial charge in [0.2, 0.25) is 0 Å². The van der Waals surface area contributed by atoms with Crippen LogP contribution in [0.1, 0.15) is 38.8 Å². The molecule has 1 saturated carbocycles. The topological polar surface area (TPSA) is 42.4 Å². The van der Waals surface area contributed by atoms with Gasteiger partial charge in [0.15, 0.2) is 0 Å². The highest BCUT2D eigenvalue weighted by atomic mass is 16.5. The maximum Gasteiger partial charge on any atom is 0.143 e. The van der Waals surface area contributed by atoms with Gasteiger partial charge >= 0.3 is 0 Å². The van der Waals surface area contributed by atoms with Gasteiger partial charge in [0, 0.05) is 6.20 Å². The average Bonchev–Trinajstić information content (AvgIpc) is 2.34. The summed E-state index contributed by atoms with van der Waals surface area (Å²) in [5.41, 5.74) is -0.125. The maximum absolute atomic E-state index is 10.8. The molecule has 1 aromatic rings. The van der Waals surface area contributed by atoms with E-state index < -0.39 is 5.60 Å². The molecule has 0 amide bonds. The molecule has 0 aliphatic heterocycles. The second-order valence-electron chi connectivity index (χ2n) is 5.28. The van der Waals surface area contributed by atoms with Gasteiger partial charge in [-0.25, -0.2) is 0 Å². The Labute approximate surface area is 103 Å². The summed E-state index contributed by atoms with van der Waals surface area (Å²) >= 11 is 0. The first-order chi connectivity index (χ1) is 8.07. The second kappa shape index (κ2) is 4.65. The van der Waals surface area contributed by atoms with Gasteiger partial charge in [-0.15, -0.1) is 0 Å². The van der Waals surface area contributed by atoms with E-state index in [0.29, 0.717) is 23.3 Å². The first kappa shape index (κ1) is 12.4. The molecule has 17 heavy (non-hydrogen) atoms. The molecule has 0 saturated heterocycles. The van der Waals surface area contributed by atoms with Gasteiger partial charge in [0.25, 0.3) is 0 Å². The van der Waals surface area contributed by atoms with Crippen molar-refractivity contribution in [1.29, 1.82) is 0 Å². The normalized spacial score (nSPS) is 33.4. The van der Waals surface area contributed by atoms with Crippen LogP contribution in [0.25, 0.3) is 0 Å². The van der Waals surface area contributed by atoms with Crippen molar-refractivity contribution in [2.75, 3.05) is 7.11 Å². The highest BCUT2D eigenvalue weighted by molar-refractivity contribution is 5.32. The molecule has 1 aromatic heterocycles. The molecule has 3 atom stereocenters. The summed E-state index contributed by atoms with van der Waals surface area (Å²) in [5.74, 6) is 1.88. The Morgan fingerprint density at radius 3 is 2.82 bits per heavy atom. The van der Waals surface area contributed by atoms with Gasteiger partial charge in [0.05, 0.1) is 7.11 Å². The molecule has 94 valence electrons. The van der Waals surface area contributed by atoms with Crippen LogP contribution in [-0.2, 0) is 5.60 Å². The van der Waals surface area contributed by atoms with Crippen LogP contribution in [0.4, 0.5) is 0 Å². The number of methoxy groups -OCH3 is 1. The van der Waals surface area contributed by atoms with Gasteiger partial charge in [-0.05, 0) is 43.2 Å². The van der Waals surface area contributed by atoms with E-state index in [1.165, 1.54) is 0 Å². The molecular weight excluding hydrogens is 214 g/mol. The predicted octanol–water partition coefficient (Wildman–Crippen LogP) is 2.73. The van der Waals surface area contributed by atoms with Crippen molar-refractivity contribution in [2.24, 2.45) is 11.8 Å². The standard InChI is InChI=1S/C14H21NO2/c1-10-6-7-14(16,9-11(10)2)13-12(17-3)5-4-8-15-13/h4-5,8,10-11,16H,6-7,9H2,1-3H3. The first-order valence-corrected chi connectivity index (χ1v) is 6.28. The summed E-state index contributed by atoms with van der Waals surface area (Å²) in [7, 11) is 1.62. The Balaban J connectivity index is 2.32. The summed E-state index contributed by atoms with van der Waals surface area (Å²) in [5, 5.41) is 10.8. The molecular formula is C14H21NO2. The number of hydrogen-bond donors (Lipinski definition) is 1. The third-order valence-electron chi connectivity index (χ3n) is 4.08. The van der Waals surface area contributed by atoms with Gasteiger partial charge in [-0.1, -0.05) is 13.8 Å². The molecule has 0 radical (unpaired) electrons. The van der Waals surface area contributed by atoms with Crippen LogP contribution >= 0.6 is 0 Å². The van der Waals surface area contributed by atoms with E-state index in [4.69, 9.17) is 4.74 Å². The van der Waals surface area contributed by atoms with Crippen LogP contribution in [0.15, 0.2) is 18.3 Å². The molecule has 0 spiro atoms. The molecule has 0 bridgehead atoms. The fourth-order valence-corrected chi connectivity index (χ4v) is 2.71. The Morgan fingerprint density at radius 1 is 1.41 bits per heavy atom. The van der Waals surface area contributed by atoms with Crippen molar-refractivity contribution in [2.45, 2.75) is 38.7 Å². The number of nitrogens with zero attached hydrogens (tertiary/aromatic N) is 1. The number of hydrogen-bond acceptors (Lipinski definition) is 3. The maximum atomic E-state index is 10.8. The van der Waals surface area contributed by atoms with Crippen LogP contribution in [0.3, 0.4) is 0 Å². The Morgan fingerprint density at radius 2 is 2.18 bits per heavy atom. The lowest BCUT2D eigenvalue weighted by molar-refractivity contribution is -0.0386. The third-order valence-corrected chi connectivity index (χ3v) is 4.08. The van der Waals surface area contributed by atoms with Crippen LogP contribution < -0.4 is 4.74 Å². The van der Waals surface area contributed by atoms with E-state index in [-0.39, 0.29) is 0 Å². The van der Waals surface area contributed by atoms with Crippen molar-refractivity contribution >= 4 is 0 Å². The lowest BCUT2D eigenvalue weighted by atomic mass is 9.71. The zero-order valence-electron chi connectivity index (χ0n) is 10.8. The van der Waals surface area contributed by atoms with Gasteiger partial charge < -0.3 is 9.84 Å². The Bertz CT molecular complexity index is 394. The lowest BCUT2D eigenvalue weighted by Gasteiger charge is -2.39. The minimum atomic E-state index is -0.821. The van der Waals surface area contributed by atoms with Crippen LogP contribution in [-0.4, -0.2) is 17.2 Å². The van der Waals surface area contributed by atoms with Crippen molar-refractivity contribution in [1.82, 2.24) is 4.98 Å². The Hall–Kier alpha value is -1.09. The lowest BCUT2D eigenvalue weighted by Crippen LogP contribution is -2.36. The summed E-state index contributed by atoms with van der Waals surface area (Å²) in [6, 6.07) is 3.70. The minimum absolute atomic E-state index is 0.514. The summed E-state index contributed by atoms with van der Waals surface area (Å²) < 4.78 is 5.30. The first-order valence-electron chi connectivity index (χ1n) is 6.28. The number of ether oxygens (including phenoxy) is 1. The fourth-order valence-electron chi connectivity index (χ4n) is 2.71. The van der Waals surface area contributed by atoms with Crippen LogP contribution in [0.2, 0.25) is 0 Å². The number of rotatable bonds is 2. The second-order valence-corrected chi connectivity index (χ2v) is 5.28. The number of aromatic nitrogens is 1. The quantitative estimate of drug-likeness (QED) is 0.857. The summed E-state index contributed by atoms with van der Waals surface area (Å²) in [6.07, 6.45) is 4.29. The van der Waals surface area contributed by atoms with Gasteiger partial charge in [0.1, 0.15) is 17.0 Å². The number of pyridine rings is 1. The minimum Gasteiger partial charge on any atom is -0.495 e. The molecule has 1 heterocycles. The fraction of sp³-hybridized carbons (Fsp3) is 0.643. The van der Waals surface area contributed by atoms with Crippen molar-refractivity contribution in [3.8, 4) is 5.75 Å². The van der Waals surface area contributed by atoms with E-state index in [0.717, 1.165) is 19.3 Å². The third kappa shape index (κ3) is 2.29. The highest BCUT2D eigenvalue weighted by Gasteiger charge is 2.40. The van der Waals surface area contributed by atoms with Crippen molar-refractivity contribution in [3.63, 3.8) is 0 Å². The SMILES string of the molecule is COc1cccnc1C1(O)CCC(C)C(C)C1. The molecule has 0 aromatic carbocycles. The van der Waals surface area contributed by atoms with Crippen LogP contribution in [0.5, 0.6) is 5.75 Å². The monoisotopic (exact) mass is 235 g/mol. The van der Waals surface area contributed by atoms with Gasteiger partial charge in [-0.2, -0.15) is 0 Å². The summed E-state index contributed by atoms with van der Waals surface area (Å²) in [6.45, 7) is 4.45. The largest absolute Gasteiger partial charge is 0.495 e. The van der Waals surface area contributed by atoms with Crippen LogP contribution in [0, 0.1) is 11.8 Å². The smallest absolute Gasteiger partial charge is 0.143 e. The molecule has 2 rings (SSSR count). The molecule has 1 aliphatic carbocycles. The average molecular weight is 235 g/mol. The zero-order valence-corrected chi connectivity index (χ0v) is 10.8. The number of aliphatic hydroxyl groups is 1. The molecule has 1 aliphatic rings. The molecule has 3 heteroatoms. The van der Waals surface area contributed by atoms with E-state index in [2.05, 4.69) is 18.8 Å². The van der Waals surface area contributed by atoms with Crippen molar-refractivity contribution in [3.05, 3.63) is 24.0 Å². The van der Waals surface area contributed by atoms with E-state index in [9.17, 15) is 5.11 Å². The van der Waals surface area contributed by atoms with Crippen molar-refractivity contribution < 1.29 is 9.84 Å². The van der Waals surface area contributed by atoms with E-state index in [1.54, 1.807) is 13.3 Å². The summed E-state index contributed by atoms with van der Waals surface area (Å²) in [4.78, 5) is 4.33. The predicted molar refractivity (Wildman–Crippen MR) is 66.9 cm³/mol. The molecule has 1 N–H and O–H groups in total. The molecule has 1 fully saturated rings. The van der Waals surface area contributed by atoms with E-state index >= 15 is 0 Å². The molecule has 3 nitrogen and oxygen atoms in total. The highest BCUT2D eigenvalue weighted by Crippen LogP contribution is 2.44. The van der Waals surface area contributed by atoms with Gasteiger partial charge in [-0.3, -0.25) is 4.98 Å². The molecule has 3 unspecified atom stereocenters.